The second-order valence-corrected chi connectivity index (χ2v) is 4.68. The van der Waals surface area contributed by atoms with E-state index in [2.05, 4.69) is 4.90 Å². The fourth-order valence-electron chi connectivity index (χ4n) is 1.34. The highest BCUT2D eigenvalue weighted by Gasteiger charge is 2.23. The summed E-state index contributed by atoms with van der Waals surface area (Å²) in [5.74, 6) is 2.00. The minimum Gasteiger partial charge on any atom is -0.395 e. The molecule has 0 bridgehead atoms. The van der Waals surface area contributed by atoms with Gasteiger partial charge in [0.15, 0.2) is 0 Å². The van der Waals surface area contributed by atoms with Crippen molar-refractivity contribution in [2.75, 3.05) is 31.2 Å². The van der Waals surface area contributed by atoms with E-state index in [4.69, 9.17) is 22.0 Å². The highest BCUT2D eigenvalue weighted by molar-refractivity contribution is 7.99. The molecule has 0 aromatic rings. The van der Waals surface area contributed by atoms with E-state index >= 15 is 0 Å². The molecule has 1 aliphatic rings. The zero-order valence-corrected chi connectivity index (χ0v) is 8.89. The quantitative estimate of drug-likeness (QED) is 0.705. The maximum absolute atomic E-state index is 9.07. The Hall–Kier alpha value is 0.0500. The van der Waals surface area contributed by atoms with Crippen molar-refractivity contribution in [1.82, 2.24) is 4.90 Å². The molecule has 13 heavy (non-hydrogen) atoms. The van der Waals surface area contributed by atoms with Gasteiger partial charge in [-0.15, -0.1) is 11.6 Å². The summed E-state index contributed by atoms with van der Waals surface area (Å²) in [7, 11) is 0. The van der Waals surface area contributed by atoms with Crippen LogP contribution in [0.3, 0.4) is 0 Å². The molecule has 1 saturated heterocycles. The molecule has 1 heterocycles. The molecule has 0 radical (unpaired) electrons. The molecule has 2 atom stereocenters. The van der Waals surface area contributed by atoms with Gasteiger partial charge < -0.3 is 5.11 Å². The summed E-state index contributed by atoms with van der Waals surface area (Å²) < 4.78 is 0. The molecule has 3 nitrogen and oxygen atoms in total. The molecule has 0 spiro atoms. The number of nitriles is 1. The highest BCUT2D eigenvalue weighted by atomic mass is 35.5. The number of aliphatic hydroxyl groups is 1. The highest BCUT2D eigenvalue weighted by Crippen LogP contribution is 2.16. The Morgan fingerprint density at radius 1 is 1.77 bits per heavy atom. The van der Waals surface area contributed by atoms with Gasteiger partial charge in [0.05, 0.1) is 12.7 Å². The maximum Gasteiger partial charge on any atom is 0.133 e. The normalized spacial score (nSPS) is 26.7. The molecule has 0 aliphatic carbocycles. The summed E-state index contributed by atoms with van der Waals surface area (Å²) in [6, 6.07) is 2.17. The van der Waals surface area contributed by atoms with E-state index in [0.29, 0.717) is 6.54 Å². The second kappa shape index (κ2) is 5.71. The smallest absolute Gasteiger partial charge is 0.133 e. The molecule has 1 N–H and O–H groups in total. The van der Waals surface area contributed by atoms with Gasteiger partial charge in [0, 0.05) is 30.6 Å². The number of hydrogen-bond donors (Lipinski definition) is 1. The van der Waals surface area contributed by atoms with E-state index in [0.717, 1.165) is 18.1 Å². The van der Waals surface area contributed by atoms with E-state index < -0.39 is 5.38 Å². The van der Waals surface area contributed by atoms with E-state index in [9.17, 15) is 0 Å². The van der Waals surface area contributed by atoms with Crippen molar-refractivity contribution >= 4 is 23.4 Å². The predicted molar refractivity (Wildman–Crippen MR) is 55.0 cm³/mol. The van der Waals surface area contributed by atoms with Crippen LogP contribution in [0.4, 0.5) is 0 Å². The van der Waals surface area contributed by atoms with Gasteiger partial charge in [-0.2, -0.15) is 17.0 Å². The van der Waals surface area contributed by atoms with Crippen LogP contribution in [0.1, 0.15) is 0 Å². The van der Waals surface area contributed by atoms with Crippen LogP contribution in [-0.4, -0.2) is 52.6 Å². The van der Waals surface area contributed by atoms with Crippen LogP contribution in [0.5, 0.6) is 0 Å². The zero-order chi connectivity index (χ0) is 9.68. The predicted octanol–water partition coefficient (Wildman–Crippen LogP) is 0.527. The number of rotatable bonds is 3. The SMILES string of the molecule is N#CC(Cl)CN1CCSCC1CO. The van der Waals surface area contributed by atoms with Crippen LogP contribution in [-0.2, 0) is 0 Å². The Morgan fingerprint density at radius 3 is 3.15 bits per heavy atom. The Balaban J connectivity index is 2.41. The third-order valence-electron chi connectivity index (χ3n) is 2.10. The average Bonchev–Trinajstić information content (AvgIpc) is 2.18. The first-order valence-corrected chi connectivity index (χ1v) is 5.83. The van der Waals surface area contributed by atoms with Crippen LogP contribution in [0, 0.1) is 11.3 Å². The number of nitrogens with zero attached hydrogens (tertiary/aromatic N) is 2. The lowest BCUT2D eigenvalue weighted by Crippen LogP contribution is -2.46. The Bertz CT molecular complexity index is 197. The van der Waals surface area contributed by atoms with Crippen LogP contribution >= 0.6 is 23.4 Å². The first-order chi connectivity index (χ1) is 6.27. The average molecular weight is 221 g/mol. The fourth-order valence-corrected chi connectivity index (χ4v) is 2.64. The first-order valence-electron chi connectivity index (χ1n) is 4.24. The molecule has 1 fully saturated rings. The van der Waals surface area contributed by atoms with Gasteiger partial charge in [-0.3, -0.25) is 4.90 Å². The third kappa shape index (κ3) is 3.35. The molecule has 0 amide bonds. The number of hydrogen-bond acceptors (Lipinski definition) is 4. The zero-order valence-electron chi connectivity index (χ0n) is 7.32. The van der Waals surface area contributed by atoms with E-state index in [-0.39, 0.29) is 12.6 Å². The number of alkyl halides is 1. The molecule has 0 aromatic carbocycles. The summed E-state index contributed by atoms with van der Waals surface area (Å²) in [4.78, 5) is 2.09. The molecule has 1 rings (SSSR count). The van der Waals surface area contributed by atoms with Gasteiger partial charge in [-0.1, -0.05) is 0 Å². The van der Waals surface area contributed by atoms with Gasteiger partial charge in [-0.25, -0.2) is 0 Å². The van der Waals surface area contributed by atoms with Crippen LogP contribution in [0.2, 0.25) is 0 Å². The van der Waals surface area contributed by atoms with Crippen LogP contribution in [0.25, 0.3) is 0 Å². The summed E-state index contributed by atoms with van der Waals surface area (Å²) in [5, 5.41) is 17.2. The van der Waals surface area contributed by atoms with E-state index in [1.165, 1.54) is 0 Å². The lowest BCUT2D eigenvalue weighted by atomic mass is 10.2. The summed E-state index contributed by atoms with van der Waals surface area (Å²) in [6.45, 7) is 1.63. The minimum atomic E-state index is -0.461. The summed E-state index contributed by atoms with van der Waals surface area (Å²) in [5.41, 5.74) is 0. The van der Waals surface area contributed by atoms with Crippen molar-refractivity contribution in [1.29, 1.82) is 5.26 Å². The summed E-state index contributed by atoms with van der Waals surface area (Å²) in [6.07, 6.45) is 0. The van der Waals surface area contributed by atoms with Crippen molar-refractivity contribution in [2.24, 2.45) is 0 Å². The largest absolute Gasteiger partial charge is 0.395 e. The van der Waals surface area contributed by atoms with Gasteiger partial charge in [0.1, 0.15) is 5.38 Å². The Labute approximate surface area is 87.7 Å². The lowest BCUT2D eigenvalue weighted by molar-refractivity contribution is 0.142. The van der Waals surface area contributed by atoms with Crippen molar-refractivity contribution in [2.45, 2.75) is 11.4 Å². The molecule has 0 aromatic heterocycles. The molecule has 5 heteroatoms. The number of halogens is 1. The molecule has 0 saturated carbocycles. The maximum atomic E-state index is 9.07. The van der Waals surface area contributed by atoms with E-state index in [1.54, 1.807) is 0 Å². The van der Waals surface area contributed by atoms with Gasteiger partial charge in [0.2, 0.25) is 0 Å². The molecular weight excluding hydrogens is 208 g/mol. The van der Waals surface area contributed by atoms with Crippen molar-refractivity contribution in [3.8, 4) is 6.07 Å². The van der Waals surface area contributed by atoms with Crippen molar-refractivity contribution < 1.29 is 5.11 Å². The molecule has 2 unspecified atom stereocenters. The summed E-state index contributed by atoms with van der Waals surface area (Å²) >= 11 is 7.57. The minimum absolute atomic E-state index is 0.155. The van der Waals surface area contributed by atoms with Crippen LogP contribution < -0.4 is 0 Å². The standard InChI is InChI=1S/C8H13ClN2OS/c9-7(3-10)4-11-1-2-13-6-8(11)5-12/h7-8,12H,1-2,4-6H2. The topological polar surface area (TPSA) is 47.3 Å². The van der Waals surface area contributed by atoms with Gasteiger partial charge in [0.25, 0.3) is 0 Å². The molecule has 1 aliphatic heterocycles. The third-order valence-corrected chi connectivity index (χ3v) is 3.42. The molecule has 74 valence electrons. The van der Waals surface area contributed by atoms with E-state index in [1.807, 2.05) is 17.8 Å². The fraction of sp³-hybridized carbons (Fsp3) is 0.875. The Kier molecular flexibility index (Phi) is 4.89. The monoisotopic (exact) mass is 220 g/mol. The number of aliphatic hydroxyl groups excluding tert-OH is 1. The molecular formula is C8H13ClN2OS. The van der Waals surface area contributed by atoms with Gasteiger partial charge >= 0.3 is 0 Å². The Morgan fingerprint density at radius 2 is 2.54 bits per heavy atom. The number of thioether (sulfide) groups is 1. The van der Waals surface area contributed by atoms with Crippen molar-refractivity contribution in [3.63, 3.8) is 0 Å². The first kappa shape index (κ1) is 11.1. The van der Waals surface area contributed by atoms with Crippen molar-refractivity contribution in [3.05, 3.63) is 0 Å². The second-order valence-electron chi connectivity index (χ2n) is 3.00. The lowest BCUT2D eigenvalue weighted by Gasteiger charge is -2.34. The van der Waals surface area contributed by atoms with Crippen LogP contribution in [0.15, 0.2) is 0 Å². The van der Waals surface area contributed by atoms with Gasteiger partial charge in [-0.05, 0) is 0 Å².